The Hall–Kier alpha value is -2.71. The number of carboxylic acids is 1. The summed E-state index contributed by atoms with van der Waals surface area (Å²) in [5.41, 5.74) is 2.18. The first-order valence-electron chi connectivity index (χ1n) is 12.2. The number of urea groups is 1. The highest BCUT2D eigenvalue weighted by Gasteiger charge is 2.18. The first-order valence-corrected chi connectivity index (χ1v) is 13.4. The van der Waals surface area contributed by atoms with Gasteiger partial charge in [0.15, 0.2) is 6.10 Å². The van der Waals surface area contributed by atoms with Crippen LogP contribution in [0.25, 0.3) is 0 Å². The van der Waals surface area contributed by atoms with Crippen LogP contribution < -0.4 is 10.1 Å². The molecule has 2 N–H and O–H groups in total. The van der Waals surface area contributed by atoms with Gasteiger partial charge in [0, 0.05) is 31.9 Å². The number of hydrogen-bond acceptors (Lipinski definition) is 5. The molecule has 0 aromatic heterocycles. The highest BCUT2D eigenvalue weighted by atomic mass is 32.2. The van der Waals surface area contributed by atoms with E-state index in [1.165, 1.54) is 5.56 Å². The van der Waals surface area contributed by atoms with Gasteiger partial charge in [0.25, 0.3) is 0 Å². The fourth-order valence-corrected chi connectivity index (χ4v) is 4.31. The Bertz CT molecular complexity index is 864. The van der Waals surface area contributed by atoms with Gasteiger partial charge in [0.2, 0.25) is 0 Å². The summed E-state index contributed by atoms with van der Waals surface area (Å²) < 4.78 is 11.1. The maximum atomic E-state index is 12.6. The van der Waals surface area contributed by atoms with Crippen LogP contribution in [0.15, 0.2) is 54.6 Å². The predicted octanol–water partition coefficient (Wildman–Crippen LogP) is 4.84. The van der Waals surface area contributed by atoms with E-state index in [2.05, 4.69) is 29.6 Å². The first kappa shape index (κ1) is 28.5. The molecule has 0 saturated carbocycles. The molecule has 0 radical (unpaired) electrons. The molecule has 7 nitrogen and oxygen atoms in total. The van der Waals surface area contributed by atoms with Gasteiger partial charge in [0.05, 0.1) is 6.54 Å². The maximum Gasteiger partial charge on any atom is 0.333 e. The van der Waals surface area contributed by atoms with Gasteiger partial charge in [-0.15, -0.1) is 0 Å². The molecular weight excluding hydrogens is 464 g/mol. The average Bonchev–Trinajstić information content (AvgIpc) is 2.87. The number of carbonyl (C=O) groups excluding carboxylic acids is 1. The van der Waals surface area contributed by atoms with Gasteiger partial charge in [-0.2, -0.15) is 11.8 Å². The van der Waals surface area contributed by atoms with E-state index in [0.29, 0.717) is 45.0 Å². The van der Waals surface area contributed by atoms with Crippen LogP contribution in [-0.4, -0.2) is 66.7 Å². The number of rotatable bonds is 17. The highest BCUT2D eigenvalue weighted by Crippen LogP contribution is 2.15. The molecule has 2 aromatic rings. The van der Waals surface area contributed by atoms with E-state index in [1.807, 2.05) is 53.9 Å². The summed E-state index contributed by atoms with van der Waals surface area (Å²) in [4.78, 5) is 25.7. The minimum atomic E-state index is -0.966. The molecule has 0 aliphatic heterocycles. The van der Waals surface area contributed by atoms with Crippen molar-refractivity contribution in [2.45, 2.75) is 45.0 Å². The van der Waals surface area contributed by atoms with Crippen LogP contribution >= 0.6 is 11.8 Å². The maximum absolute atomic E-state index is 12.6. The largest absolute Gasteiger partial charge is 0.492 e. The van der Waals surface area contributed by atoms with Gasteiger partial charge in [-0.05, 0) is 48.8 Å². The minimum Gasteiger partial charge on any atom is -0.492 e. The SMILES string of the molecule is CCCNC(=O)N(CCCSCc1ccccc1)CCOc1ccc(CC(OCC)C(=O)O)cc1. The van der Waals surface area contributed by atoms with Crippen molar-refractivity contribution in [2.75, 3.05) is 38.6 Å². The van der Waals surface area contributed by atoms with Crippen LogP contribution in [0.5, 0.6) is 5.75 Å². The molecule has 0 aliphatic carbocycles. The topological polar surface area (TPSA) is 88.1 Å². The number of thioether (sulfide) groups is 1. The molecule has 0 bridgehead atoms. The van der Waals surface area contributed by atoms with Crippen LogP contribution in [0.2, 0.25) is 0 Å². The Labute approximate surface area is 213 Å². The molecule has 35 heavy (non-hydrogen) atoms. The van der Waals surface area contributed by atoms with E-state index >= 15 is 0 Å². The van der Waals surface area contributed by atoms with E-state index in [1.54, 1.807) is 6.92 Å². The van der Waals surface area contributed by atoms with Crippen LogP contribution in [0.4, 0.5) is 4.79 Å². The van der Waals surface area contributed by atoms with Crippen LogP contribution in [0.1, 0.15) is 37.8 Å². The summed E-state index contributed by atoms with van der Waals surface area (Å²) in [7, 11) is 0. The molecule has 1 unspecified atom stereocenters. The third kappa shape index (κ3) is 11.5. The Morgan fingerprint density at radius 2 is 1.77 bits per heavy atom. The van der Waals surface area contributed by atoms with Crippen LogP contribution in [-0.2, 0) is 21.7 Å². The van der Waals surface area contributed by atoms with Gasteiger partial charge >= 0.3 is 12.0 Å². The van der Waals surface area contributed by atoms with Crippen molar-refractivity contribution in [3.05, 3.63) is 65.7 Å². The molecule has 0 saturated heterocycles. The van der Waals surface area contributed by atoms with Crippen molar-refractivity contribution >= 4 is 23.8 Å². The Morgan fingerprint density at radius 3 is 2.43 bits per heavy atom. The lowest BCUT2D eigenvalue weighted by molar-refractivity contribution is -0.149. The minimum absolute atomic E-state index is 0.0607. The van der Waals surface area contributed by atoms with Crippen LogP contribution in [0.3, 0.4) is 0 Å². The summed E-state index contributed by atoms with van der Waals surface area (Å²) >= 11 is 1.87. The second kappa shape index (κ2) is 16.8. The predicted molar refractivity (Wildman–Crippen MR) is 141 cm³/mol. The number of carbonyl (C=O) groups is 2. The lowest BCUT2D eigenvalue weighted by Crippen LogP contribution is -2.43. The smallest absolute Gasteiger partial charge is 0.333 e. The van der Waals surface area contributed by atoms with E-state index in [9.17, 15) is 14.7 Å². The van der Waals surface area contributed by atoms with Crippen molar-refractivity contribution in [1.82, 2.24) is 10.2 Å². The van der Waals surface area contributed by atoms with Crippen molar-refractivity contribution in [2.24, 2.45) is 0 Å². The quantitative estimate of drug-likeness (QED) is 0.301. The number of nitrogens with zero attached hydrogens (tertiary/aromatic N) is 1. The van der Waals surface area contributed by atoms with E-state index in [-0.39, 0.29) is 6.03 Å². The molecule has 0 aliphatic rings. The van der Waals surface area contributed by atoms with E-state index < -0.39 is 12.1 Å². The second-order valence-electron chi connectivity index (χ2n) is 8.09. The number of aliphatic carboxylic acids is 1. The molecule has 2 rings (SSSR count). The normalized spacial score (nSPS) is 11.6. The summed E-state index contributed by atoms with van der Waals surface area (Å²) in [6, 6.07) is 17.7. The number of carboxylic acid groups (broad SMARTS) is 1. The first-order chi connectivity index (χ1) is 17.0. The third-order valence-corrected chi connectivity index (χ3v) is 6.37. The van der Waals surface area contributed by atoms with Crippen LogP contribution in [0, 0.1) is 0 Å². The van der Waals surface area contributed by atoms with Crippen molar-refractivity contribution in [3.8, 4) is 5.75 Å². The van der Waals surface area contributed by atoms with Crippen molar-refractivity contribution in [3.63, 3.8) is 0 Å². The summed E-state index contributed by atoms with van der Waals surface area (Å²) in [5.74, 6) is 1.67. The number of hydrogen-bond donors (Lipinski definition) is 2. The molecule has 2 amide bonds. The standard InChI is InChI=1S/C27H38N2O5S/c1-3-15-28-27(32)29(16-8-19-35-21-23-9-6-5-7-10-23)17-18-34-24-13-11-22(12-14-24)20-25(26(30)31)33-4-2/h5-7,9-14,25H,3-4,8,15-21H2,1-2H3,(H,28,32)(H,30,31). The zero-order valence-electron chi connectivity index (χ0n) is 20.8. The fourth-order valence-electron chi connectivity index (χ4n) is 3.41. The zero-order chi connectivity index (χ0) is 25.3. The summed E-state index contributed by atoms with van der Waals surface area (Å²) in [6.45, 7) is 6.37. The fraction of sp³-hybridized carbons (Fsp3) is 0.481. The number of nitrogens with one attached hydrogen (secondary N) is 1. The van der Waals surface area contributed by atoms with E-state index in [0.717, 1.165) is 29.9 Å². The van der Waals surface area contributed by atoms with Crippen molar-refractivity contribution < 1.29 is 24.2 Å². The molecular formula is C27H38N2O5S. The summed E-state index contributed by atoms with van der Waals surface area (Å²) in [6.07, 6.45) is 1.25. The average molecular weight is 503 g/mol. The Kier molecular flexibility index (Phi) is 13.7. The second-order valence-corrected chi connectivity index (χ2v) is 9.19. The van der Waals surface area contributed by atoms with E-state index in [4.69, 9.17) is 9.47 Å². The Balaban J connectivity index is 1.78. The van der Waals surface area contributed by atoms with Gasteiger partial charge in [-0.1, -0.05) is 49.4 Å². The number of benzene rings is 2. The molecule has 8 heteroatoms. The molecule has 0 heterocycles. The summed E-state index contributed by atoms with van der Waals surface area (Å²) in [5, 5.41) is 12.2. The van der Waals surface area contributed by atoms with Gasteiger partial charge in [-0.25, -0.2) is 9.59 Å². The zero-order valence-corrected chi connectivity index (χ0v) is 21.6. The number of amides is 2. The molecule has 0 spiro atoms. The van der Waals surface area contributed by atoms with Gasteiger partial charge < -0.3 is 24.8 Å². The van der Waals surface area contributed by atoms with Gasteiger partial charge in [0.1, 0.15) is 12.4 Å². The number of ether oxygens (including phenoxy) is 2. The third-order valence-electron chi connectivity index (χ3n) is 5.26. The van der Waals surface area contributed by atoms with Crippen molar-refractivity contribution in [1.29, 1.82) is 0 Å². The Morgan fingerprint density at radius 1 is 1.03 bits per heavy atom. The lowest BCUT2D eigenvalue weighted by Gasteiger charge is -2.23. The van der Waals surface area contributed by atoms with Gasteiger partial charge in [-0.3, -0.25) is 0 Å². The lowest BCUT2D eigenvalue weighted by atomic mass is 10.1. The molecule has 1 atom stereocenters. The molecule has 2 aromatic carbocycles. The monoisotopic (exact) mass is 502 g/mol. The molecule has 0 fully saturated rings. The molecule has 192 valence electrons. The highest BCUT2D eigenvalue weighted by molar-refractivity contribution is 7.98.